The third-order valence-corrected chi connectivity index (χ3v) is 6.95. The van der Waals surface area contributed by atoms with E-state index in [2.05, 4.69) is 5.32 Å². The SMILES string of the molecule is CCCCNC(=O)[C@@H](Cc1ccccc1)N(Cc1ccc(Cl)c(Cl)c1)C(=O)COc1ccc(Cl)cc1Cl. The van der Waals surface area contributed by atoms with Crippen molar-refractivity contribution in [2.24, 2.45) is 0 Å². The Hall–Kier alpha value is -2.44. The van der Waals surface area contributed by atoms with Crippen LogP contribution in [0.15, 0.2) is 66.7 Å². The molecule has 0 spiro atoms. The van der Waals surface area contributed by atoms with E-state index in [9.17, 15) is 9.59 Å². The van der Waals surface area contributed by atoms with Gasteiger partial charge < -0.3 is 15.0 Å². The molecule has 0 unspecified atom stereocenters. The molecule has 5 nitrogen and oxygen atoms in total. The van der Waals surface area contributed by atoms with Crippen molar-refractivity contribution < 1.29 is 14.3 Å². The van der Waals surface area contributed by atoms with Gasteiger partial charge in [0.2, 0.25) is 5.91 Å². The van der Waals surface area contributed by atoms with Crippen LogP contribution < -0.4 is 10.1 Å². The molecule has 0 bridgehead atoms. The van der Waals surface area contributed by atoms with E-state index in [1.807, 2.05) is 37.3 Å². The number of unbranched alkanes of at least 4 members (excludes halogenated alkanes) is 1. The Bertz CT molecular complexity index is 1210. The van der Waals surface area contributed by atoms with Crippen LogP contribution in [0.25, 0.3) is 0 Å². The number of ether oxygens (including phenoxy) is 1. The van der Waals surface area contributed by atoms with E-state index in [0.29, 0.717) is 33.8 Å². The Morgan fingerprint density at radius 2 is 1.65 bits per heavy atom. The summed E-state index contributed by atoms with van der Waals surface area (Å²) in [5, 5.41) is 4.49. The van der Waals surface area contributed by atoms with Gasteiger partial charge in [0.25, 0.3) is 5.91 Å². The topological polar surface area (TPSA) is 58.6 Å². The summed E-state index contributed by atoms with van der Waals surface area (Å²) in [4.78, 5) is 28.5. The van der Waals surface area contributed by atoms with E-state index in [-0.39, 0.29) is 30.0 Å². The van der Waals surface area contributed by atoms with E-state index in [0.717, 1.165) is 24.0 Å². The van der Waals surface area contributed by atoms with Crippen molar-refractivity contribution in [3.8, 4) is 5.75 Å². The van der Waals surface area contributed by atoms with Gasteiger partial charge in [0.05, 0.1) is 15.1 Å². The largest absolute Gasteiger partial charge is 0.482 e. The molecule has 0 radical (unpaired) electrons. The lowest BCUT2D eigenvalue weighted by atomic mass is 10.0. The highest BCUT2D eigenvalue weighted by molar-refractivity contribution is 6.42. The minimum absolute atomic E-state index is 0.131. The summed E-state index contributed by atoms with van der Waals surface area (Å²) in [6.07, 6.45) is 2.10. The van der Waals surface area contributed by atoms with E-state index in [1.165, 1.54) is 11.0 Å². The van der Waals surface area contributed by atoms with E-state index >= 15 is 0 Å². The Labute approximate surface area is 237 Å². The van der Waals surface area contributed by atoms with Crippen molar-refractivity contribution in [2.75, 3.05) is 13.2 Å². The fraction of sp³-hybridized carbons (Fsp3) is 0.286. The minimum atomic E-state index is -0.787. The minimum Gasteiger partial charge on any atom is -0.482 e. The molecule has 0 fully saturated rings. The molecule has 37 heavy (non-hydrogen) atoms. The van der Waals surface area contributed by atoms with Crippen molar-refractivity contribution in [2.45, 2.75) is 38.8 Å². The van der Waals surface area contributed by atoms with Gasteiger partial charge in [-0.05, 0) is 47.9 Å². The third kappa shape index (κ3) is 8.82. The summed E-state index contributed by atoms with van der Waals surface area (Å²) in [5.41, 5.74) is 1.65. The number of hydrogen-bond acceptors (Lipinski definition) is 3. The lowest BCUT2D eigenvalue weighted by molar-refractivity contribution is -0.142. The molecule has 3 rings (SSSR count). The van der Waals surface area contributed by atoms with Gasteiger partial charge in [0.15, 0.2) is 6.61 Å². The second kappa shape index (κ2) is 14.5. The normalized spacial score (nSPS) is 11.6. The highest BCUT2D eigenvalue weighted by Crippen LogP contribution is 2.28. The molecule has 1 N–H and O–H groups in total. The number of carbonyl (C=O) groups excluding carboxylic acids is 2. The summed E-state index contributed by atoms with van der Waals surface area (Å²) in [5.74, 6) is -0.306. The van der Waals surface area contributed by atoms with Crippen LogP contribution >= 0.6 is 46.4 Å². The molecular weight excluding hydrogens is 554 g/mol. The number of hydrogen-bond donors (Lipinski definition) is 1. The zero-order chi connectivity index (χ0) is 26.8. The number of amides is 2. The van der Waals surface area contributed by atoms with Crippen LogP contribution in [0.5, 0.6) is 5.75 Å². The van der Waals surface area contributed by atoms with Crippen molar-refractivity contribution in [1.29, 1.82) is 0 Å². The average Bonchev–Trinajstić information content (AvgIpc) is 2.88. The van der Waals surface area contributed by atoms with Gasteiger partial charge in [-0.15, -0.1) is 0 Å². The standard InChI is InChI=1S/C28H28Cl4N2O3/c1-2-3-13-33-28(36)25(15-19-7-5-4-6-8-19)34(17-20-9-11-22(30)23(31)14-20)27(35)18-37-26-12-10-21(29)16-24(26)32/h4-12,14,16,25H,2-3,13,15,17-18H2,1H3,(H,33,36)/t25-/m1/s1. The number of nitrogens with one attached hydrogen (secondary N) is 1. The Balaban J connectivity index is 1.92. The monoisotopic (exact) mass is 580 g/mol. The van der Waals surface area contributed by atoms with Crippen LogP contribution in [-0.2, 0) is 22.6 Å². The number of rotatable bonds is 12. The summed E-state index contributed by atoms with van der Waals surface area (Å²) in [6, 6.07) is 18.7. The van der Waals surface area contributed by atoms with Gasteiger partial charge in [-0.25, -0.2) is 0 Å². The second-order valence-electron chi connectivity index (χ2n) is 8.48. The molecule has 3 aromatic rings. The zero-order valence-corrected chi connectivity index (χ0v) is 23.4. The van der Waals surface area contributed by atoms with Crippen molar-refractivity contribution in [3.05, 3.63) is 97.9 Å². The van der Waals surface area contributed by atoms with Crippen molar-refractivity contribution >= 4 is 58.2 Å². The summed E-state index contributed by atoms with van der Waals surface area (Å²) >= 11 is 24.5. The lowest BCUT2D eigenvalue weighted by Gasteiger charge is -2.31. The molecule has 3 aromatic carbocycles. The van der Waals surface area contributed by atoms with E-state index in [1.54, 1.807) is 30.3 Å². The molecule has 1 atom stereocenters. The number of benzene rings is 3. The number of nitrogens with zero attached hydrogens (tertiary/aromatic N) is 1. The van der Waals surface area contributed by atoms with Crippen molar-refractivity contribution in [3.63, 3.8) is 0 Å². The molecule has 0 saturated heterocycles. The fourth-order valence-corrected chi connectivity index (χ4v) is 4.49. The molecule has 0 saturated carbocycles. The fourth-order valence-electron chi connectivity index (χ4n) is 3.71. The molecule has 0 heterocycles. The molecule has 0 aliphatic rings. The van der Waals surface area contributed by atoms with E-state index in [4.69, 9.17) is 51.1 Å². The van der Waals surface area contributed by atoms with Crippen LogP contribution in [0, 0.1) is 0 Å². The first kappa shape index (κ1) is 29.1. The Morgan fingerprint density at radius 3 is 2.32 bits per heavy atom. The van der Waals surface area contributed by atoms with Crippen LogP contribution in [0.4, 0.5) is 0 Å². The van der Waals surface area contributed by atoms with Gasteiger partial charge in [-0.1, -0.05) is 96.1 Å². The maximum atomic E-state index is 13.6. The lowest BCUT2D eigenvalue weighted by Crippen LogP contribution is -2.51. The first-order valence-electron chi connectivity index (χ1n) is 11.9. The molecule has 2 amide bonds. The smallest absolute Gasteiger partial charge is 0.261 e. The first-order chi connectivity index (χ1) is 17.8. The van der Waals surface area contributed by atoms with Gasteiger partial charge in [0, 0.05) is 24.5 Å². The summed E-state index contributed by atoms with van der Waals surface area (Å²) in [7, 11) is 0. The summed E-state index contributed by atoms with van der Waals surface area (Å²) in [6.45, 7) is 2.38. The quantitative estimate of drug-likeness (QED) is 0.229. The van der Waals surface area contributed by atoms with Crippen LogP contribution in [-0.4, -0.2) is 35.9 Å². The zero-order valence-electron chi connectivity index (χ0n) is 20.4. The molecule has 196 valence electrons. The van der Waals surface area contributed by atoms with Crippen LogP contribution in [0.3, 0.4) is 0 Å². The Kier molecular flexibility index (Phi) is 11.4. The summed E-state index contributed by atoms with van der Waals surface area (Å²) < 4.78 is 5.73. The molecule has 0 aromatic heterocycles. The predicted molar refractivity (Wildman–Crippen MR) is 151 cm³/mol. The number of halogens is 4. The van der Waals surface area contributed by atoms with Gasteiger partial charge in [-0.3, -0.25) is 9.59 Å². The molecule has 0 aliphatic heterocycles. The van der Waals surface area contributed by atoms with Gasteiger partial charge in [-0.2, -0.15) is 0 Å². The molecule has 0 aliphatic carbocycles. The molecule has 9 heteroatoms. The first-order valence-corrected chi connectivity index (χ1v) is 13.4. The third-order valence-electron chi connectivity index (χ3n) is 5.68. The Morgan fingerprint density at radius 1 is 0.892 bits per heavy atom. The maximum absolute atomic E-state index is 13.6. The highest BCUT2D eigenvalue weighted by atomic mass is 35.5. The van der Waals surface area contributed by atoms with Gasteiger partial charge in [0.1, 0.15) is 11.8 Å². The van der Waals surface area contributed by atoms with E-state index < -0.39 is 6.04 Å². The van der Waals surface area contributed by atoms with Gasteiger partial charge >= 0.3 is 0 Å². The van der Waals surface area contributed by atoms with Crippen LogP contribution in [0.1, 0.15) is 30.9 Å². The highest BCUT2D eigenvalue weighted by Gasteiger charge is 2.30. The van der Waals surface area contributed by atoms with Crippen LogP contribution in [0.2, 0.25) is 20.1 Å². The maximum Gasteiger partial charge on any atom is 0.261 e. The van der Waals surface area contributed by atoms with Crippen molar-refractivity contribution in [1.82, 2.24) is 10.2 Å². The predicted octanol–water partition coefficient (Wildman–Crippen LogP) is 7.24. The number of carbonyl (C=O) groups is 2. The molecular formula is C28H28Cl4N2O3. The average molecular weight is 582 g/mol. The second-order valence-corrected chi connectivity index (χ2v) is 10.1.